The normalized spacial score (nSPS) is 16.0. The summed E-state index contributed by atoms with van der Waals surface area (Å²) in [5, 5.41) is 6.56. The second-order valence-corrected chi connectivity index (χ2v) is 14.4. The number of aromatic nitrogens is 2. The fourth-order valence-corrected chi connectivity index (χ4v) is 7.58. The zero-order valence-corrected chi connectivity index (χ0v) is 32.6. The van der Waals surface area contributed by atoms with Crippen LogP contribution in [0, 0.1) is 11.8 Å². The first kappa shape index (κ1) is 39.8. The first-order valence-electron chi connectivity index (χ1n) is 18.8. The number of carbonyl (C=O) groups excluding carboxylic acids is 1. The highest BCUT2D eigenvalue weighted by Gasteiger charge is 2.26. The first-order chi connectivity index (χ1) is 24.6. The van der Waals surface area contributed by atoms with Gasteiger partial charge in [0.2, 0.25) is 11.9 Å². The van der Waals surface area contributed by atoms with Gasteiger partial charge in [0.25, 0.3) is 0 Å². The number of nitrogens with zero attached hydrogens (tertiary/aromatic N) is 3. The Morgan fingerprint density at radius 1 is 1.14 bits per heavy atom. The Morgan fingerprint density at radius 3 is 2.55 bits per heavy atom. The number of aryl methyl sites for hydroxylation is 1. The van der Waals surface area contributed by atoms with Gasteiger partial charge < -0.3 is 25.0 Å². The van der Waals surface area contributed by atoms with E-state index in [4.69, 9.17) is 19.4 Å². The lowest BCUT2D eigenvalue weighted by Crippen LogP contribution is -2.18. The number of hydrogen-bond donors (Lipinski definition) is 2. The molecule has 1 amide bonds. The molecule has 0 radical (unpaired) electrons. The van der Waals surface area contributed by atoms with Crippen LogP contribution >= 0.6 is 0 Å². The lowest BCUT2D eigenvalue weighted by atomic mass is 9.83. The Morgan fingerprint density at radius 2 is 1.92 bits per heavy atom. The summed E-state index contributed by atoms with van der Waals surface area (Å²) in [5.41, 5.74) is 9.42. The topological polar surface area (TPSA) is 88.6 Å². The summed E-state index contributed by atoms with van der Waals surface area (Å²) < 4.78 is 12.0. The van der Waals surface area contributed by atoms with Crippen molar-refractivity contribution < 1.29 is 14.3 Å². The molecule has 4 rings (SSSR count). The molecule has 1 aliphatic carbocycles. The molecule has 2 N–H and O–H groups in total. The van der Waals surface area contributed by atoms with E-state index >= 15 is 0 Å². The minimum absolute atomic E-state index is 0.162. The number of nitrogens with one attached hydrogen (secondary N) is 2. The summed E-state index contributed by atoms with van der Waals surface area (Å²) in [7, 11) is 7.61. The maximum atomic E-state index is 12.7. The van der Waals surface area contributed by atoms with Crippen molar-refractivity contribution >= 4 is 28.8 Å². The highest BCUT2D eigenvalue weighted by molar-refractivity contribution is 6.00. The number of rotatable bonds is 17. The van der Waals surface area contributed by atoms with Crippen LogP contribution in [0.4, 0.5) is 17.3 Å². The van der Waals surface area contributed by atoms with Crippen LogP contribution in [0.2, 0.25) is 0 Å². The fourth-order valence-electron chi connectivity index (χ4n) is 7.58. The van der Waals surface area contributed by atoms with Gasteiger partial charge in [-0.3, -0.25) is 4.79 Å². The van der Waals surface area contributed by atoms with Crippen LogP contribution < -0.4 is 15.4 Å². The Hall–Kier alpha value is -4.01. The molecule has 276 valence electrons. The number of allylic oxidation sites excluding steroid dienone is 1. The van der Waals surface area contributed by atoms with E-state index in [9.17, 15) is 4.79 Å². The molecule has 8 heteroatoms. The van der Waals surface area contributed by atoms with Gasteiger partial charge in [0.1, 0.15) is 5.75 Å². The van der Waals surface area contributed by atoms with Crippen LogP contribution in [0.5, 0.6) is 5.75 Å². The second-order valence-electron chi connectivity index (χ2n) is 14.4. The van der Waals surface area contributed by atoms with Crippen molar-refractivity contribution in [3.63, 3.8) is 0 Å². The molecule has 1 aliphatic rings. The van der Waals surface area contributed by atoms with Crippen LogP contribution in [0.25, 0.3) is 5.57 Å². The van der Waals surface area contributed by atoms with E-state index in [0.717, 1.165) is 66.7 Å². The van der Waals surface area contributed by atoms with Crippen LogP contribution in [-0.2, 0) is 22.4 Å². The molecule has 3 aromatic rings. The van der Waals surface area contributed by atoms with E-state index in [1.54, 1.807) is 14.2 Å². The predicted molar refractivity (Wildman–Crippen MR) is 212 cm³/mol. The number of hydrogen-bond acceptors (Lipinski definition) is 7. The van der Waals surface area contributed by atoms with E-state index in [-0.39, 0.29) is 17.9 Å². The van der Waals surface area contributed by atoms with Gasteiger partial charge in [0.15, 0.2) is 0 Å². The summed E-state index contributed by atoms with van der Waals surface area (Å²) >= 11 is 0. The van der Waals surface area contributed by atoms with Gasteiger partial charge in [-0.15, -0.1) is 0 Å². The number of anilines is 3. The molecule has 0 spiro atoms. The Balaban J connectivity index is 1.84. The molecule has 3 unspecified atom stereocenters. The zero-order chi connectivity index (χ0) is 37.1. The van der Waals surface area contributed by atoms with Gasteiger partial charge >= 0.3 is 0 Å². The minimum Gasteiger partial charge on any atom is -0.495 e. The number of methoxy groups -OCH3 is 2. The molecule has 2 aromatic carbocycles. The van der Waals surface area contributed by atoms with Gasteiger partial charge in [-0.2, -0.15) is 0 Å². The van der Waals surface area contributed by atoms with Crippen molar-refractivity contribution in [1.82, 2.24) is 14.9 Å². The molecule has 0 fully saturated rings. The highest BCUT2D eigenvalue weighted by Crippen LogP contribution is 2.42. The van der Waals surface area contributed by atoms with Crippen molar-refractivity contribution in [1.29, 1.82) is 0 Å². The number of ether oxygens (including phenoxy) is 2. The Bertz CT molecular complexity index is 1660. The summed E-state index contributed by atoms with van der Waals surface area (Å²) in [6, 6.07) is 10.7. The monoisotopic (exact) mass is 695 g/mol. The quantitative estimate of drug-likeness (QED) is 0.107. The van der Waals surface area contributed by atoms with Crippen LogP contribution in [-0.4, -0.2) is 55.6 Å². The summed E-state index contributed by atoms with van der Waals surface area (Å²) in [4.78, 5) is 25.0. The molecule has 0 aliphatic heterocycles. The van der Waals surface area contributed by atoms with Crippen molar-refractivity contribution in [2.45, 2.75) is 98.0 Å². The number of fused-ring (bicyclic) bond motifs is 1. The Kier molecular flexibility index (Phi) is 14.8. The average molecular weight is 696 g/mol. The van der Waals surface area contributed by atoms with Crippen LogP contribution in [0.3, 0.4) is 0 Å². The van der Waals surface area contributed by atoms with Crippen molar-refractivity contribution in [2.75, 3.05) is 45.5 Å². The maximum Gasteiger partial charge on any atom is 0.247 e. The van der Waals surface area contributed by atoms with Crippen molar-refractivity contribution in [3.05, 3.63) is 88.8 Å². The van der Waals surface area contributed by atoms with Gasteiger partial charge in [-0.05, 0) is 131 Å². The molecule has 0 saturated heterocycles. The molecular weight excluding hydrogens is 635 g/mol. The fraction of sp³-hybridized carbons (Fsp3) is 0.512. The third-order valence-electron chi connectivity index (χ3n) is 10.4. The number of benzene rings is 2. The van der Waals surface area contributed by atoms with Gasteiger partial charge in [0, 0.05) is 30.1 Å². The van der Waals surface area contributed by atoms with Crippen LogP contribution in [0.1, 0.15) is 119 Å². The summed E-state index contributed by atoms with van der Waals surface area (Å²) in [5.74, 6) is 2.06. The predicted octanol–water partition coefficient (Wildman–Crippen LogP) is 9.89. The third-order valence-corrected chi connectivity index (χ3v) is 10.4. The maximum absolute atomic E-state index is 12.7. The van der Waals surface area contributed by atoms with Gasteiger partial charge in [-0.1, -0.05) is 65.0 Å². The number of carbonyl (C=O) groups is 1. The standard InChI is InChI=1S/C43H61N5O3/c1-11-29-18-15-19-30-20-16-21-33(34(30)24-29)31(12-2)42-36(39(13-3)50-9)27-44-43(47-42)46-38-26-37(45-41(49)14-4)35(25-40(38)51-10)32(28(5)6)22-17-23-48(7)8/h12,14,16,20-21,25-29,32,39H,4,11,13,15,17-19,22-24H2,1-3,5-10H3,(H,45,49)(H,44,46,47). The van der Waals surface area contributed by atoms with Gasteiger partial charge in [-0.25, -0.2) is 9.97 Å². The lowest BCUT2D eigenvalue weighted by molar-refractivity contribution is -0.111. The van der Waals surface area contributed by atoms with E-state index < -0.39 is 0 Å². The largest absolute Gasteiger partial charge is 0.495 e. The third kappa shape index (κ3) is 9.86. The van der Waals surface area contributed by atoms with Crippen molar-refractivity contribution in [2.24, 2.45) is 11.8 Å². The molecule has 0 saturated carbocycles. The van der Waals surface area contributed by atoms with E-state index in [2.05, 4.69) is 101 Å². The molecule has 8 nitrogen and oxygen atoms in total. The molecule has 51 heavy (non-hydrogen) atoms. The Labute approximate surface area is 307 Å². The lowest BCUT2D eigenvalue weighted by Gasteiger charge is -2.26. The molecular formula is C43H61N5O3. The van der Waals surface area contributed by atoms with E-state index in [1.807, 2.05) is 12.3 Å². The van der Waals surface area contributed by atoms with E-state index in [1.165, 1.54) is 42.0 Å². The summed E-state index contributed by atoms with van der Waals surface area (Å²) in [6.07, 6.45) is 13.8. The van der Waals surface area contributed by atoms with Crippen molar-refractivity contribution in [3.8, 4) is 5.75 Å². The molecule has 1 aromatic heterocycles. The molecule has 1 heterocycles. The number of amides is 1. The summed E-state index contributed by atoms with van der Waals surface area (Å²) in [6.45, 7) is 15.7. The minimum atomic E-state index is -0.263. The second kappa shape index (κ2) is 19.0. The smallest absolute Gasteiger partial charge is 0.247 e. The highest BCUT2D eigenvalue weighted by atomic mass is 16.5. The zero-order valence-electron chi connectivity index (χ0n) is 32.6. The first-order valence-corrected chi connectivity index (χ1v) is 18.8. The molecule has 0 bridgehead atoms. The average Bonchev–Trinajstić information content (AvgIpc) is 3.34. The SMILES string of the molecule is C=CC(=O)Nc1cc(Nc2ncc(C(CC)OC)c(C(=CC)c3cccc4c3CC(CC)CCC4)n2)c(OC)cc1C(CCCN(C)C)C(C)C. The van der Waals surface area contributed by atoms with Crippen LogP contribution in [0.15, 0.2) is 55.3 Å². The van der Waals surface area contributed by atoms with Gasteiger partial charge in [0.05, 0.1) is 24.6 Å². The molecule has 3 atom stereocenters. The van der Waals surface area contributed by atoms with E-state index in [0.29, 0.717) is 29.2 Å².